The zero-order valence-electron chi connectivity index (χ0n) is 22.3. The second-order valence-corrected chi connectivity index (χ2v) is 11.6. The van der Waals surface area contributed by atoms with E-state index in [2.05, 4.69) is 10.1 Å². The Kier molecular flexibility index (Phi) is 6.91. The van der Waals surface area contributed by atoms with Crippen molar-refractivity contribution in [3.8, 4) is 0 Å². The molecule has 2 aliphatic rings. The summed E-state index contributed by atoms with van der Waals surface area (Å²) in [6, 6.07) is 12.8. The maximum Gasteiger partial charge on any atom is 0.257 e. The summed E-state index contributed by atoms with van der Waals surface area (Å²) in [7, 11) is 1.71. The Morgan fingerprint density at radius 2 is 1.80 bits per heavy atom. The lowest BCUT2D eigenvalue weighted by Gasteiger charge is -2.45. The van der Waals surface area contributed by atoms with Gasteiger partial charge in [-0.1, -0.05) is 35.3 Å². The molecule has 1 aliphatic carbocycles. The van der Waals surface area contributed by atoms with E-state index in [1.165, 1.54) is 41.0 Å². The molecule has 4 aromatic rings. The van der Waals surface area contributed by atoms with Crippen LogP contribution in [0.15, 0.2) is 67.1 Å². The number of fused-ring (bicyclic) bond motifs is 1. The van der Waals surface area contributed by atoms with Gasteiger partial charge in [-0.2, -0.15) is 5.10 Å². The number of aliphatic hydroxyl groups is 2. The van der Waals surface area contributed by atoms with Gasteiger partial charge in [0.2, 0.25) is 5.72 Å². The molecule has 3 heterocycles. The van der Waals surface area contributed by atoms with Crippen LogP contribution in [0.5, 0.6) is 0 Å². The molecule has 2 atom stereocenters. The van der Waals surface area contributed by atoms with Gasteiger partial charge in [0.1, 0.15) is 11.4 Å². The highest BCUT2D eigenvalue weighted by atomic mass is 35.5. The van der Waals surface area contributed by atoms with E-state index in [4.69, 9.17) is 27.9 Å². The van der Waals surface area contributed by atoms with E-state index in [9.17, 15) is 15.0 Å². The van der Waals surface area contributed by atoms with Crippen LogP contribution in [0, 0.1) is 5.82 Å². The normalized spacial score (nSPS) is 23.3. The SMILES string of the molecule is Cn1cc(C(C)(O)c2cc(F)c3c(c2)C(=O)N(Cc2ccc(Cl)cn2)[C@@]3(OC2CC(O)C2)c2ccc(Cl)cc2)cn1. The molecule has 212 valence electrons. The summed E-state index contributed by atoms with van der Waals surface area (Å²) in [6.45, 7) is 1.50. The first-order chi connectivity index (χ1) is 19.5. The van der Waals surface area contributed by atoms with Crippen molar-refractivity contribution in [3.63, 3.8) is 0 Å². The van der Waals surface area contributed by atoms with Crippen LogP contribution in [0.25, 0.3) is 0 Å². The molecular weight excluding hydrogens is 570 g/mol. The van der Waals surface area contributed by atoms with Gasteiger partial charge >= 0.3 is 0 Å². The molecule has 1 aliphatic heterocycles. The van der Waals surface area contributed by atoms with Crippen LogP contribution < -0.4 is 0 Å². The van der Waals surface area contributed by atoms with E-state index in [-0.39, 0.29) is 23.2 Å². The minimum atomic E-state index is -1.70. The summed E-state index contributed by atoms with van der Waals surface area (Å²) in [6.07, 6.45) is 4.28. The molecule has 0 bridgehead atoms. The molecular formula is C30H27Cl2FN4O4. The molecule has 1 saturated carbocycles. The summed E-state index contributed by atoms with van der Waals surface area (Å²) >= 11 is 12.3. The molecule has 0 saturated heterocycles. The number of hydrogen-bond acceptors (Lipinski definition) is 6. The first-order valence-corrected chi connectivity index (χ1v) is 13.8. The number of rotatable bonds is 7. The number of hydrogen-bond donors (Lipinski definition) is 2. The fraction of sp³-hybridized carbons (Fsp3) is 0.300. The Bertz CT molecular complexity index is 1620. The molecule has 0 spiro atoms. The first-order valence-electron chi connectivity index (χ1n) is 13.1. The Labute approximate surface area is 245 Å². The van der Waals surface area contributed by atoms with E-state index < -0.39 is 35.3 Å². The number of carbonyl (C=O) groups is 1. The van der Waals surface area contributed by atoms with E-state index in [1.807, 2.05) is 0 Å². The topological polar surface area (TPSA) is 101 Å². The molecule has 6 rings (SSSR count). The van der Waals surface area contributed by atoms with E-state index in [0.29, 0.717) is 39.7 Å². The summed E-state index contributed by atoms with van der Waals surface area (Å²) in [4.78, 5) is 20.1. The lowest BCUT2D eigenvalue weighted by atomic mass is 9.85. The van der Waals surface area contributed by atoms with Crippen LogP contribution in [-0.4, -0.2) is 48.0 Å². The van der Waals surface area contributed by atoms with Crippen LogP contribution >= 0.6 is 23.2 Å². The van der Waals surface area contributed by atoms with Gasteiger partial charge in [-0.05, 0) is 61.7 Å². The number of ether oxygens (including phenoxy) is 1. The molecule has 11 heteroatoms. The number of carbonyl (C=O) groups excluding carboxylic acids is 1. The van der Waals surface area contributed by atoms with Gasteiger partial charge in [0.25, 0.3) is 5.91 Å². The fourth-order valence-electron chi connectivity index (χ4n) is 5.55. The maximum atomic E-state index is 16.6. The van der Waals surface area contributed by atoms with Crippen molar-refractivity contribution in [3.05, 3.63) is 116 Å². The highest BCUT2D eigenvalue weighted by Crippen LogP contribution is 2.50. The average molecular weight is 597 g/mol. The van der Waals surface area contributed by atoms with E-state index >= 15 is 4.39 Å². The van der Waals surface area contributed by atoms with Crippen molar-refractivity contribution in [2.24, 2.45) is 7.05 Å². The Balaban J connectivity index is 1.57. The second kappa shape index (κ2) is 10.2. The number of aliphatic hydroxyl groups excluding tert-OH is 1. The molecule has 1 unspecified atom stereocenters. The number of nitrogens with zero attached hydrogens (tertiary/aromatic N) is 4. The Morgan fingerprint density at radius 1 is 1.10 bits per heavy atom. The highest BCUT2D eigenvalue weighted by molar-refractivity contribution is 6.30. The molecule has 2 aromatic heterocycles. The van der Waals surface area contributed by atoms with Crippen molar-refractivity contribution in [1.29, 1.82) is 0 Å². The summed E-state index contributed by atoms with van der Waals surface area (Å²) in [5.74, 6) is -1.23. The molecule has 2 N–H and O–H groups in total. The van der Waals surface area contributed by atoms with Crippen LogP contribution in [0.4, 0.5) is 4.39 Å². The van der Waals surface area contributed by atoms with Gasteiger partial charge in [0.15, 0.2) is 0 Å². The van der Waals surface area contributed by atoms with Crippen molar-refractivity contribution >= 4 is 29.1 Å². The van der Waals surface area contributed by atoms with Crippen molar-refractivity contribution < 1.29 is 24.1 Å². The number of amides is 1. The summed E-state index contributed by atoms with van der Waals surface area (Å²) in [5.41, 5.74) is -1.66. The van der Waals surface area contributed by atoms with Crippen LogP contribution in [0.1, 0.15) is 58.1 Å². The number of benzene rings is 2. The average Bonchev–Trinajstić information content (AvgIpc) is 3.46. The van der Waals surface area contributed by atoms with Crippen LogP contribution in [0.2, 0.25) is 10.0 Å². The quantitative estimate of drug-likeness (QED) is 0.314. The Hall–Kier alpha value is -3.34. The summed E-state index contributed by atoms with van der Waals surface area (Å²) in [5, 5.41) is 26.6. The van der Waals surface area contributed by atoms with Gasteiger partial charge < -0.3 is 14.9 Å². The molecule has 1 amide bonds. The highest BCUT2D eigenvalue weighted by Gasteiger charge is 2.56. The van der Waals surface area contributed by atoms with Crippen molar-refractivity contribution in [2.45, 2.75) is 49.8 Å². The molecule has 2 aromatic carbocycles. The van der Waals surface area contributed by atoms with E-state index in [0.717, 1.165) is 0 Å². The van der Waals surface area contributed by atoms with Gasteiger partial charge in [-0.15, -0.1) is 0 Å². The fourth-order valence-corrected chi connectivity index (χ4v) is 5.79. The maximum absolute atomic E-state index is 16.6. The van der Waals surface area contributed by atoms with Gasteiger partial charge in [-0.3, -0.25) is 19.4 Å². The third-order valence-electron chi connectivity index (χ3n) is 7.87. The van der Waals surface area contributed by atoms with Crippen LogP contribution in [-0.2, 0) is 29.7 Å². The minimum Gasteiger partial charge on any atom is -0.393 e. The molecule has 1 fully saturated rings. The Morgan fingerprint density at radius 3 is 2.41 bits per heavy atom. The third kappa shape index (κ3) is 4.71. The van der Waals surface area contributed by atoms with Crippen LogP contribution in [0.3, 0.4) is 0 Å². The lowest BCUT2D eigenvalue weighted by Crippen LogP contribution is -2.51. The third-order valence-corrected chi connectivity index (χ3v) is 8.34. The predicted octanol–water partition coefficient (Wildman–Crippen LogP) is 4.91. The smallest absolute Gasteiger partial charge is 0.257 e. The standard InChI is InChI=1S/C30H27Cl2FN4O4/c1-29(40,19-13-35-36(2)15-19)18-9-25-27(26(33)10-18)30(41-24-11-23(38)12-24,17-3-5-20(31)6-4-17)37(28(25)39)16-22-8-7-21(32)14-34-22/h3-10,13-15,23-24,38,40H,11-12,16H2,1-2H3/t23?,24?,29?,30-/m1/s1. The zero-order chi connectivity index (χ0) is 29.1. The predicted molar refractivity (Wildman–Crippen MR) is 150 cm³/mol. The number of aryl methyl sites for hydroxylation is 1. The monoisotopic (exact) mass is 596 g/mol. The molecule has 8 nitrogen and oxygen atoms in total. The van der Waals surface area contributed by atoms with Gasteiger partial charge in [0, 0.05) is 35.6 Å². The second-order valence-electron chi connectivity index (χ2n) is 10.7. The first kappa shape index (κ1) is 27.8. The van der Waals surface area contributed by atoms with Gasteiger partial charge in [-0.25, -0.2) is 4.39 Å². The minimum absolute atomic E-state index is 0.0194. The molecule has 0 radical (unpaired) electrons. The van der Waals surface area contributed by atoms with Crippen molar-refractivity contribution in [2.75, 3.05) is 0 Å². The lowest BCUT2D eigenvalue weighted by molar-refractivity contribution is -0.191. The summed E-state index contributed by atoms with van der Waals surface area (Å²) < 4.78 is 24.7. The number of aromatic nitrogens is 3. The molecule has 41 heavy (non-hydrogen) atoms. The zero-order valence-corrected chi connectivity index (χ0v) is 23.8. The van der Waals surface area contributed by atoms with E-state index in [1.54, 1.807) is 49.6 Å². The number of halogens is 3. The largest absolute Gasteiger partial charge is 0.393 e. The van der Waals surface area contributed by atoms with Crippen molar-refractivity contribution in [1.82, 2.24) is 19.7 Å². The van der Waals surface area contributed by atoms with Gasteiger partial charge in [0.05, 0.1) is 46.8 Å². The number of pyridine rings is 1.